The van der Waals surface area contributed by atoms with E-state index in [4.69, 9.17) is 9.26 Å². The molecule has 130 valence electrons. The summed E-state index contributed by atoms with van der Waals surface area (Å²) in [6.07, 6.45) is -4.65. The van der Waals surface area contributed by atoms with Crippen molar-refractivity contribution in [1.29, 1.82) is 0 Å². The van der Waals surface area contributed by atoms with Gasteiger partial charge < -0.3 is 9.26 Å². The number of aromatic nitrogens is 2. The van der Waals surface area contributed by atoms with Crippen LogP contribution < -0.4 is 4.74 Å². The molecule has 0 radical (unpaired) electrons. The molecule has 1 aromatic carbocycles. The highest BCUT2D eigenvalue weighted by Crippen LogP contribution is 2.43. The van der Waals surface area contributed by atoms with Gasteiger partial charge in [0, 0.05) is 5.56 Å². The van der Waals surface area contributed by atoms with Gasteiger partial charge in [0.15, 0.2) is 9.84 Å². The fourth-order valence-corrected chi connectivity index (χ4v) is 4.68. The summed E-state index contributed by atoms with van der Waals surface area (Å²) in [6.45, 7) is 0. The molecule has 24 heavy (non-hydrogen) atoms. The first-order chi connectivity index (χ1) is 11.2. The standard InChI is InChI=1S/C14H13F3N2O4S/c1-22-9-4-2-8(3-5-9)12-18-13(23-19-12)10-6-24(20,21)7-11(10)14(15,16)17/h2-5,10-11H,6-7H2,1H3. The van der Waals surface area contributed by atoms with Crippen molar-refractivity contribution in [2.75, 3.05) is 18.6 Å². The van der Waals surface area contributed by atoms with Gasteiger partial charge in [-0.1, -0.05) is 5.16 Å². The maximum Gasteiger partial charge on any atom is 0.393 e. The Morgan fingerprint density at radius 1 is 1.21 bits per heavy atom. The third-order valence-electron chi connectivity index (χ3n) is 3.88. The molecule has 1 aliphatic rings. The second-order valence-electron chi connectivity index (χ2n) is 5.52. The molecule has 3 rings (SSSR count). The van der Waals surface area contributed by atoms with Gasteiger partial charge in [0.25, 0.3) is 0 Å². The predicted octanol–water partition coefficient (Wildman–Crippen LogP) is 2.44. The number of sulfone groups is 1. The van der Waals surface area contributed by atoms with E-state index in [0.29, 0.717) is 11.3 Å². The Balaban J connectivity index is 1.91. The van der Waals surface area contributed by atoms with Crippen LogP contribution in [0.2, 0.25) is 0 Å². The van der Waals surface area contributed by atoms with Crippen molar-refractivity contribution in [2.45, 2.75) is 12.1 Å². The molecular weight excluding hydrogens is 349 g/mol. The fraction of sp³-hybridized carbons (Fsp3) is 0.429. The van der Waals surface area contributed by atoms with Gasteiger partial charge >= 0.3 is 6.18 Å². The zero-order valence-corrected chi connectivity index (χ0v) is 13.3. The smallest absolute Gasteiger partial charge is 0.393 e. The lowest BCUT2D eigenvalue weighted by Gasteiger charge is -2.17. The maximum absolute atomic E-state index is 13.1. The van der Waals surface area contributed by atoms with Gasteiger partial charge in [-0.3, -0.25) is 0 Å². The molecule has 0 N–H and O–H groups in total. The molecule has 10 heteroatoms. The molecule has 1 fully saturated rings. The van der Waals surface area contributed by atoms with E-state index in [0.717, 1.165) is 0 Å². The molecule has 2 unspecified atom stereocenters. The molecule has 2 aromatic rings. The van der Waals surface area contributed by atoms with Gasteiger partial charge in [0.05, 0.1) is 30.5 Å². The minimum atomic E-state index is -4.65. The van der Waals surface area contributed by atoms with Crippen LogP contribution >= 0.6 is 0 Å². The van der Waals surface area contributed by atoms with E-state index in [1.807, 2.05) is 0 Å². The summed E-state index contributed by atoms with van der Waals surface area (Å²) in [5.74, 6) is -4.65. The maximum atomic E-state index is 13.1. The Labute approximate surface area is 135 Å². The van der Waals surface area contributed by atoms with Crippen molar-refractivity contribution >= 4 is 9.84 Å². The lowest BCUT2D eigenvalue weighted by molar-refractivity contribution is -0.172. The fourth-order valence-electron chi connectivity index (χ4n) is 2.66. The van der Waals surface area contributed by atoms with Crippen LogP contribution in [0.3, 0.4) is 0 Å². The average Bonchev–Trinajstić information content (AvgIpc) is 3.11. The van der Waals surface area contributed by atoms with Crippen molar-refractivity contribution in [3.05, 3.63) is 30.2 Å². The normalized spacial score (nSPS) is 23.3. The van der Waals surface area contributed by atoms with E-state index in [1.165, 1.54) is 7.11 Å². The lowest BCUT2D eigenvalue weighted by Crippen LogP contribution is -2.28. The zero-order chi connectivity index (χ0) is 17.5. The van der Waals surface area contributed by atoms with E-state index in [1.54, 1.807) is 24.3 Å². The van der Waals surface area contributed by atoms with E-state index in [2.05, 4.69) is 10.1 Å². The third kappa shape index (κ3) is 3.23. The summed E-state index contributed by atoms with van der Waals surface area (Å²) in [6, 6.07) is 6.54. The topological polar surface area (TPSA) is 82.3 Å². The van der Waals surface area contributed by atoms with E-state index < -0.39 is 39.4 Å². The predicted molar refractivity (Wildman–Crippen MR) is 77.2 cm³/mol. The lowest BCUT2D eigenvalue weighted by atomic mass is 9.95. The molecule has 0 amide bonds. The van der Waals surface area contributed by atoms with E-state index in [9.17, 15) is 21.6 Å². The van der Waals surface area contributed by atoms with Crippen molar-refractivity contribution in [1.82, 2.24) is 10.1 Å². The number of halogens is 3. The van der Waals surface area contributed by atoms with E-state index in [-0.39, 0.29) is 11.7 Å². The van der Waals surface area contributed by atoms with Gasteiger partial charge in [-0.05, 0) is 24.3 Å². The summed E-state index contributed by atoms with van der Waals surface area (Å²) in [5, 5.41) is 3.66. The van der Waals surface area contributed by atoms with Crippen molar-refractivity contribution in [3.8, 4) is 17.1 Å². The monoisotopic (exact) mass is 362 g/mol. The van der Waals surface area contributed by atoms with Gasteiger partial charge in [0.2, 0.25) is 11.7 Å². The number of rotatable bonds is 3. The van der Waals surface area contributed by atoms with Gasteiger partial charge in [-0.25, -0.2) is 8.42 Å². The second kappa shape index (κ2) is 5.76. The molecule has 0 bridgehead atoms. The van der Waals surface area contributed by atoms with Crippen LogP contribution in [0.25, 0.3) is 11.4 Å². The molecule has 1 saturated heterocycles. The molecule has 2 atom stereocenters. The average molecular weight is 362 g/mol. The Kier molecular flexibility index (Phi) is 4.02. The minimum absolute atomic E-state index is 0.0953. The summed E-state index contributed by atoms with van der Waals surface area (Å²) >= 11 is 0. The molecular formula is C14H13F3N2O4S. The van der Waals surface area contributed by atoms with E-state index >= 15 is 0 Å². The quantitative estimate of drug-likeness (QED) is 0.834. The Hall–Kier alpha value is -2.10. The van der Waals surface area contributed by atoms with Crippen LogP contribution in [0.5, 0.6) is 5.75 Å². The first kappa shape index (κ1) is 16.7. The van der Waals surface area contributed by atoms with Crippen molar-refractivity contribution < 1.29 is 30.8 Å². The number of hydrogen-bond donors (Lipinski definition) is 0. The molecule has 1 aromatic heterocycles. The Morgan fingerprint density at radius 3 is 2.46 bits per heavy atom. The molecule has 0 spiro atoms. The van der Waals surface area contributed by atoms with Crippen molar-refractivity contribution in [3.63, 3.8) is 0 Å². The number of hydrogen-bond acceptors (Lipinski definition) is 6. The number of alkyl halides is 3. The number of nitrogens with zero attached hydrogens (tertiary/aromatic N) is 2. The van der Waals surface area contributed by atoms with Gasteiger partial charge in [-0.2, -0.15) is 18.2 Å². The van der Waals surface area contributed by atoms with Crippen LogP contribution in [0, 0.1) is 5.92 Å². The number of ether oxygens (including phenoxy) is 1. The highest BCUT2D eigenvalue weighted by molar-refractivity contribution is 7.91. The summed E-state index contributed by atoms with van der Waals surface area (Å²) in [5.41, 5.74) is 0.523. The second-order valence-corrected chi connectivity index (χ2v) is 7.67. The van der Waals surface area contributed by atoms with Gasteiger partial charge in [-0.15, -0.1) is 0 Å². The van der Waals surface area contributed by atoms with Crippen LogP contribution in [-0.2, 0) is 9.84 Å². The van der Waals surface area contributed by atoms with Crippen LogP contribution in [0.4, 0.5) is 13.2 Å². The summed E-state index contributed by atoms with van der Waals surface area (Å²) in [7, 11) is -2.31. The Bertz CT molecular complexity index is 830. The molecule has 6 nitrogen and oxygen atoms in total. The molecule has 0 aliphatic carbocycles. The summed E-state index contributed by atoms with van der Waals surface area (Å²) < 4.78 is 72.4. The molecule has 2 heterocycles. The first-order valence-corrected chi connectivity index (χ1v) is 8.77. The molecule has 1 aliphatic heterocycles. The Morgan fingerprint density at radius 2 is 1.88 bits per heavy atom. The third-order valence-corrected chi connectivity index (χ3v) is 5.61. The van der Waals surface area contributed by atoms with Crippen LogP contribution in [-0.4, -0.2) is 43.4 Å². The minimum Gasteiger partial charge on any atom is -0.497 e. The van der Waals surface area contributed by atoms with Gasteiger partial charge in [0.1, 0.15) is 5.75 Å². The van der Waals surface area contributed by atoms with Crippen LogP contribution in [0.1, 0.15) is 11.8 Å². The number of benzene rings is 1. The zero-order valence-electron chi connectivity index (χ0n) is 12.4. The van der Waals surface area contributed by atoms with Crippen molar-refractivity contribution in [2.24, 2.45) is 5.92 Å². The SMILES string of the molecule is COc1ccc(-c2noc(C3CS(=O)(=O)CC3C(F)(F)F)n2)cc1. The first-order valence-electron chi connectivity index (χ1n) is 6.95. The highest BCUT2D eigenvalue weighted by atomic mass is 32.2. The number of methoxy groups -OCH3 is 1. The summed E-state index contributed by atoms with van der Waals surface area (Å²) in [4.78, 5) is 3.96. The molecule has 0 saturated carbocycles. The largest absolute Gasteiger partial charge is 0.497 e. The highest BCUT2D eigenvalue weighted by Gasteiger charge is 2.54. The van der Waals surface area contributed by atoms with Crippen LogP contribution in [0.15, 0.2) is 28.8 Å².